The van der Waals surface area contributed by atoms with Crippen molar-refractivity contribution in [3.8, 4) is 0 Å². The van der Waals surface area contributed by atoms with Crippen LogP contribution in [0.5, 0.6) is 0 Å². The molecule has 1 heterocycles. The molecule has 1 N–H and O–H groups in total. The maximum atomic E-state index is 9.95. The number of rotatable bonds is 4. The fourth-order valence-corrected chi connectivity index (χ4v) is 2.70. The smallest absolute Gasteiger partial charge is 0.0580 e. The summed E-state index contributed by atoms with van der Waals surface area (Å²) in [7, 11) is 4.09. The van der Waals surface area contributed by atoms with E-state index < -0.39 is 0 Å². The molecule has 1 aromatic heterocycles. The first-order valence-corrected chi connectivity index (χ1v) is 6.50. The van der Waals surface area contributed by atoms with Crippen molar-refractivity contribution in [1.29, 1.82) is 0 Å². The van der Waals surface area contributed by atoms with Gasteiger partial charge >= 0.3 is 0 Å². The van der Waals surface area contributed by atoms with Gasteiger partial charge in [-0.3, -0.25) is 4.68 Å². The number of hydrogen-bond donors (Lipinski definition) is 1. The molecule has 4 heteroatoms. The van der Waals surface area contributed by atoms with E-state index in [0.717, 1.165) is 25.9 Å². The van der Waals surface area contributed by atoms with Crippen molar-refractivity contribution in [1.82, 2.24) is 14.7 Å². The number of nitrogens with zero attached hydrogens (tertiary/aromatic N) is 3. The molecule has 96 valence electrons. The fourth-order valence-electron chi connectivity index (χ4n) is 2.70. The first kappa shape index (κ1) is 12.6. The number of aliphatic hydroxyl groups excluding tert-OH is 1. The minimum Gasteiger partial charge on any atom is -0.393 e. The number of hydrogen-bond acceptors (Lipinski definition) is 3. The molecule has 0 bridgehead atoms. The van der Waals surface area contributed by atoms with E-state index in [-0.39, 0.29) is 6.10 Å². The summed E-state index contributed by atoms with van der Waals surface area (Å²) < 4.78 is 1.91. The Morgan fingerprint density at radius 1 is 1.47 bits per heavy atom. The number of aryl methyl sites for hydroxylation is 1. The zero-order valence-corrected chi connectivity index (χ0v) is 10.8. The van der Waals surface area contributed by atoms with Gasteiger partial charge in [-0.15, -0.1) is 0 Å². The van der Waals surface area contributed by atoms with Crippen LogP contribution in [-0.2, 0) is 13.6 Å². The van der Waals surface area contributed by atoms with Gasteiger partial charge in [0.25, 0.3) is 0 Å². The summed E-state index contributed by atoms with van der Waals surface area (Å²) in [4.78, 5) is 2.29. The monoisotopic (exact) mass is 237 g/mol. The molecule has 17 heavy (non-hydrogen) atoms. The van der Waals surface area contributed by atoms with Crippen LogP contribution in [0.4, 0.5) is 0 Å². The lowest BCUT2D eigenvalue weighted by Crippen LogP contribution is -2.35. The highest BCUT2D eigenvalue weighted by Crippen LogP contribution is 2.25. The third-order valence-corrected chi connectivity index (χ3v) is 3.77. The van der Waals surface area contributed by atoms with Crippen molar-refractivity contribution in [2.75, 3.05) is 13.6 Å². The first-order valence-electron chi connectivity index (χ1n) is 6.50. The molecule has 1 aliphatic rings. The Morgan fingerprint density at radius 3 is 2.88 bits per heavy atom. The SMILES string of the molecule is CN(Cc1ccnn1C)CC1CCCCC1O. The van der Waals surface area contributed by atoms with Gasteiger partial charge in [-0.25, -0.2) is 0 Å². The second kappa shape index (κ2) is 5.65. The molecule has 0 amide bonds. The largest absolute Gasteiger partial charge is 0.393 e. The molecule has 1 saturated carbocycles. The van der Waals surface area contributed by atoms with Crippen molar-refractivity contribution in [3.05, 3.63) is 18.0 Å². The Kier molecular flexibility index (Phi) is 4.18. The summed E-state index contributed by atoms with van der Waals surface area (Å²) in [6.07, 6.45) is 6.32. The van der Waals surface area contributed by atoms with E-state index in [9.17, 15) is 5.11 Å². The lowest BCUT2D eigenvalue weighted by molar-refractivity contribution is 0.0498. The summed E-state index contributed by atoms with van der Waals surface area (Å²) in [6, 6.07) is 2.05. The summed E-state index contributed by atoms with van der Waals surface area (Å²) in [5.74, 6) is 0.446. The topological polar surface area (TPSA) is 41.3 Å². The zero-order valence-electron chi connectivity index (χ0n) is 10.8. The van der Waals surface area contributed by atoms with Gasteiger partial charge in [-0.1, -0.05) is 12.8 Å². The van der Waals surface area contributed by atoms with Gasteiger partial charge in [-0.2, -0.15) is 5.10 Å². The predicted molar refractivity (Wildman–Crippen MR) is 67.5 cm³/mol. The van der Waals surface area contributed by atoms with E-state index in [4.69, 9.17) is 0 Å². The van der Waals surface area contributed by atoms with Crippen LogP contribution in [0.2, 0.25) is 0 Å². The van der Waals surface area contributed by atoms with Gasteiger partial charge < -0.3 is 10.0 Å². The molecule has 2 atom stereocenters. The Hall–Kier alpha value is -0.870. The Balaban J connectivity index is 1.84. The van der Waals surface area contributed by atoms with Crippen molar-refractivity contribution in [2.24, 2.45) is 13.0 Å². The normalized spacial score (nSPS) is 25.4. The maximum absolute atomic E-state index is 9.95. The maximum Gasteiger partial charge on any atom is 0.0580 e. The van der Waals surface area contributed by atoms with Crippen LogP contribution in [-0.4, -0.2) is 39.5 Å². The molecule has 2 rings (SSSR count). The van der Waals surface area contributed by atoms with E-state index in [1.165, 1.54) is 18.5 Å². The summed E-state index contributed by atoms with van der Waals surface area (Å²) >= 11 is 0. The van der Waals surface area contributed by atoms with Gasteiger partial charge in [0.05, 0.1) is 11.8 Å². The predicted octanol–water partition coefficient (Wildman–Crippen LogP) is 1.40. The standard InChI is InChI=1S/C13H23N3O/c1-15(10-12-7-8-14-16(12)2)9-11-5-3-4-6-13(11)17/h7-8,11,13,17H,3-6,9-10H2,1-2H3. The van der Waals surface area contributed by atoms with E-state index in [0.29, 0.717) is 5.92 Å². The number of aromatic nitrogens is 2. The highest BCUT2D eigenvalue weighted by atomic mass is 16.3. The molecule has 0 aliphatic heterocycles. The molecule has 0 aromatic carbocycles. The average Bonchev–Trinajstić information content (AvgIpc) is 2.68. The van der Waals surface area contributed by atoms with Crippen molar-refractivity contribution in [3.63, 3.8) is 0 Å². The van der Waals surface area contributed by atoms with E-state index in [2.05, 4.69) is 17.0 Å². The van der Waals surface area contributed by atoms with E-state index >= 15 is 0 Å². The summed E-state index contributed by atoms with van der Waals surface area (Å²) in [5.41, 5.74) is 1.22. The Labute approximate surface area is 103 Å². The molecule has 2 unspecified atom stereocenters. The molecular weight excluding hydrogens is 214 g/mol. The van der Waals surface area contributed by atoms with E-state index in [1.807, 2.05) is 24.0 Å². The van der Waals surface area contributed by atoms with Gasteiger partial charge in [-0.05, 0) is 31.9 Å². The average molecular weight is 237 g/mol. The van der Waals surface area contributed by atoms with Crippen LogP contribution in [0.15, 0.2) is 12.3 Å². The molecule has 0 saturated heterocycles. The summed E-state index contributed by atoms with van der Waals surface area (Å²) in [5, 5.41) is 14.1. The Morgan fingerprint density at radius 2 is 2.24 bits per heavy atom. The van der Waals surface area contributed by atoms with Gasteiger partial charge in [0.2, 0.25) is 0 Å². The summed E-state index contributed by atoms with van der Waals surface area (Å²) in [6.45, 7) is 1.88. The van der Waals surface area contributed by atoms with Crippen LogP contribution < -0.4 is 0 Å². The lowest BCUT2D eigenvalue weighted by Gasteiger charge is -2.31. The third kappa shape index (κ3) is 3.30. The van der Waals surface area contributed by atoms with Crippen LogP contribution in [0.25, 0.3) is 0 Å². The highest BCUT2D eigenvalue weighted by Gasteiger charge is 2.24. The van der Waals surface area contributed by atoms with Crippen LogP contribution in [0.1, 0.15) is 31.4 Å². The fraction of sp³-hybridized carbons (Fsp3) is 0.769. The number of aliphatic hydroxyl groups is 1. The Bertz CT molecular complexity index is 350. The highest BCUT2D eigenvalue weighted by molar-refractivity contribution is 4.99. The zero-order chi connectivity index (χ0) is 12.3. The van der Waals surface area contributed by atoms with Gasteiger partial charge in [0.1, 0.15) is 0 Å². The van der Waals surface area contributed by atoms with Crippen molar-refractivity contribution in [2.45, 2.75) is 38.3 Å². The van der Waals surface area contributed by atoms with Crippen molar-refractivity contribution < 1.29 is 5.11 Å². The molecule has 1 aromatic rings. The second-order valence-corrected chi connectivity index (χ2v) is 5.25. The molecule has 1 aliphatic carbocycles. The second-order valence-electron chi connectivity index (χ2n) is 5.25. The molecule has 1 fully saturated rings. The van der Waals surface area contributed by atoms with E-state index in [1.54, 1.807) is 0 Å². The minimum absolute atomic E-state index is 0.0993. The molecular formula is C13H23N3O. The van der Waals surface area contributed by atoms with Crippen LogP contribution >= 0.6 is 0 Å². The molecule has 0 radical (unpaired) electrons. The van der Waals surface area contributed by atoms with Crippen LogP contribution in [0.3, 0.4) is 0 Å². The van der Waals surface area contributed by atoms with Gasteiger partial charge in [0, 0.05) is 26.3 Å². The molecule has 0 spiro atoms. The first-order chi connectivity index (χ1) is 8.16. The van der Waals surface area contributed by atoms with Crippen LogP contribution in [0, 0.1) is 5.92 Å². The molecule has 4 nitrogen and oxygen atoms in total. The minimum atomic E-state index is -0.0993. The van der Waals surface area contributed by atoms with Crippen molar-refractivity contribution >= 4 is 0 Å². The van der Waals surface area contributed by atoms with Gasteiger partial charge in [0.15, 0.2) is 0 Å². The lowest BCUT2D eigenvalue weighted by atomic mass is 9.86. The quantitative estimate of drug-likeness (QED) is 0.860. The third-order valence-electron chi connectivity index (χ3n) is 3.77.